The lowest BCUT2D eigenvalue weighted by Crippen LogP contribution is -1.77. The third kappa shape index (κ3) is 1.43. The fourth-order valence-electron chi connectivity index (χ4n) is 1.27. The monoisotopic (exact) mass is 187 g/mol. The van der Waals surface area contributed by atoms with Crippen LogP contribution in [0.2, 0.25) is 0 Å². The van der Waals surface area contributed by atoms with Crippen molar-refractivity contribution in [3.8, 4) is 0 Å². The second-order valence-electron chi connectivity index (χ2n) is 2.99. The zero-order chi connectivity index (χ0) is 9.26. The van der Waals surface area contributed by atoms with Gasteiger partial charge in [-0.05, 0) is 17.5 Å². The molecule has 2 aromatic rings. The number of fused-ring (bicyclic) bond motifs is 1. The van der Waals surface area contributed by atoms with Crippen LogP contribution in [0.3, 0.4) is 0 Å². The molecular weight excluding hydrogens is 178 g/mol. The molecule has 0 saturated carbocycles. The molecule has 0 saturated heterocycles. The molecular formula is C11H9NS. The molecule has 1 atom stereocenters. The zero-order valence-electron chi connectivity index (χ0n) is 7.32. The van der Waals surface area contributed by atoms with E-state index in [1.807, 2.05) is 19.1 Å². The highest BCUT2D eigenvalue weighted by Crippen LogP contribution is 2.30. The summed E-state index contributed by atoms with van der Waals surface area (Å²) in [4.78, 5) is 4.68. The van der Waals surface area contributed by atoms with Crippen molar-refractivity contribution in [3.05, 3.63) is 46.6 Å². The lowest BCUT2D eigenvalue weighted by Gasteiger charge is -1.89. The van der Waals surface area contributed by atoms with Gasteiger partial charge in [0, 0.05) is 11.6 Å². The Hall–Kier alpha value is -1.33. The molecule has 0 fully saturated rings. The van der Waals surface area contributed by atoms with Crippen LogP contribution >= 0.6 is 11.3 Å². The average molecular weight is 187 g/mol. The summed E-state index contributed by atoms with van der Waals surface area (Å²) in [5.74, 6) is 0. The molecule has 0 aliphatic heterocycles. The van der Waals surface area contributed by atoms with E-state index in [0.717, 1.165) is 4.88 Å². The molecule has 2 rings (SSSR count). The first-order chi connectivity index (χ1) is 6.31. The SMILES string of the molecule is [C-]#[N+]C(C)c1cc2ccccc2s1. The molecule has 0 spiro atoms. The van der Waals surface area contributed by atoms with E-state index in [-0.39, 0.29) is 6.04 Å². The molecule has 13 heavy (non-hydrogen) atoms. The van der Waals surface area contributed by atoms with Crippen molar-refractivity contribution < 1.29 is 0 Å². The van der Waals surface area contributed by atoms with E-state index in [1.54, 1.807) is 11.3 Å². The third-order valence-corrected chi connectivity index (χ3v) is 3.34. The standard InChI is InChI=1S/C11H9NS/c1-8(12-2)11-7-9-5-3-4-6-10(9)13-11/h3-8H,1H3. The van der Waals surface area contributed by atoms with Crippen molar-refractivity contribution in [2.45, 2.75) is 13.0 Å². The van der Waals surface area contributed by atoms with E-state index in [1.165, 1.54) is 10.1 Å². The summed E-state index contributed by atoms with van der Waals surface area (Å²) in [6, 6.07) is 10.4. The van der Waals surface area contributed by atoms with E-state index in [4.69, 9.17) is 6.57 Å². The Balaban J connectivity index is 2.57. The molecule has 1 unspecified atom stereocenters. The Bertz CT molecular complexity index is 431. The molecule has 1 aromatic heterocycles. The Kier molecular flexibility index (Phi) is 2.03. The lowest BCUT2D eigenvalue weighted by molar-refractivity contribution is 0.992. The van der Waals surface area contributed by atoms with Gasteiger partial charge in [0.15, 0.2) is 0 Å². The minimum Gasteiger partial charge on any atom is -0.308 e. The van der Waals surface area contributed by atoms with Crippen molar-refractivity contribution >= 4 is 21.4 Å². The first kappa shape index (κ1) is 8.28. The lowest BCUT2D eigenvalue weighted by atomic mass is 10.2. The predicted octanol–water partition coefficient (Wildman–Crippen LogP) is 3.88. The summed E-state index contributed by atoms with van der Waals surface area (Å²) >= 11 is 1.72. The number of rotatable bonds is 1. The quantitative estimate of drug-likeness (QED) is 0.597. The molecule has 64 valence electrons. The van der Waals surface area contributed by atoms with E-state index in [9.17, 15) is 0 Å². The van der Waals surface area contributed by atoms with Gasteiger partial charge < -0.3 is 4.85 Å². The molecule has 0 radical (unpaired) electrons. The fraction of sp³-hybridized carbons (Fsp3) is 0.182. The molecule has 1 heterocycles. The number of thiophene rings is 1. The minimum absolute atomic E-state index is 0.00241. The summed E-state index contributed by atoms with van der Waals surface area (Å²) in [7, 11) is 0. The van der Waals surface area contributed by atoms with Crippen molar-refractivity contribution in [3.63, 3.8) is 0 Å². The van der Waals surface area contributed by atoms with Gasteiger partial charge in [-0.1, -0.05) is 18.2 Å². The Labute approximate surface area is 81.5 Å². The molecule has 0 aliphatic rings. The van der Waals surface area contributed by atoms with Crippen LogP contribution in [0.15, 0.2) is 30.3 Å². The minimum atomic E-state index is -0.00241. The van der Waals surface area contributed by atoms with Crippen molar-refractivity contribution in [1.29, 1.82) is 0 Å². The smallest absolute Gasteiger partial charge is 0.255 e. The summed E-state index contributed by atoms with van der Waals surface area (Å²) in [5, 5.41) is 1.25. The Morgan fingerprint density at radius 2 is 2.15 bits per heavy atom. The van der Waals surface area contributed by atoms with Crippen LogP contribution in [-0.2, 0) is 0 Å². The number of benzene rings is 1. The van der Waals surface area contributed by atoms with Gasteiger partial charge >= 0.3 is 0 Å². The predicted molar refractivity (Wildman–Crippen MR) is 56.8 cm³/mol. The van der Waals surface area contributed by atoms with Crippen molar-refractivity contribution in [2.24, 2.45) is 0 Å². The van der Waals surface area contributed by atoms with Gasteiger partial charge in [0.2, 0.25) is 0 Å². The van der Waals surface area contributed by atoms with Gasteiger partial charge in [0.25, 0.3) is 6.04 Å². The van der Waals surface area contributed by atoms with Crippen molar-refractivity contribution in [2.75, 3.05) is 0 Å². The van der Waals surface area contributed by atoms with Crippen LogP contribution in [0.25, 0.3) is 14.9 Å². The maximum Gasteiger partial charge on any atom is 0.255 e. The third-order valence-electron chi connectivity index (χ3n) is 2.05. The number of hydrogen-bond acceptors (Lipinski definition) is 1. The van der Waals surface area contributed by atoms with E-state index >= 15 is 0 Å². The molecule has 0 N–H and O–H groups in total. The van der Waals surface area contributed by atoms with Crippen LogP contribution in [0.5, 0.6) is 0 Å². The van der Waals surface area contributed by atoms with Gasteiger partial charge in [0.1, 0.15) is 0 Å². The maximum absolute atomic E-state index is 6.95. The van der Waals surface area contributed by atoms with Crippen molar-refractivity contribution in [1.82, 2.24) is 0 Å². The summed E-state index contributed by atoms with van der Waals surface area (Å²) < 4.78 is 1.27. The second-order valence-corrected chi connectivity index (χ2v) is 4.11. The van der Waals surface area contributed by atoms with Crippen LogP contribution < -0.4 is 0 Å². The summed E-state index contributed by atoms with van der Waals surface area (Å²) in [6.45, 7) is 8.89. The van der Waals surface area contributed by atoms with Crippen LogP contribution in [0.1, 0.15) is 17.8 Å². The number of nitrogens with zero attached hydrogens (tertiary/aromatic N) is 1. The fourth-order valence-corrected chi connectivity index (χ4v) is 2.33. The van der Waals surface area contributed by atoms with Crippen LogP contribution in [0, 0.1) is 6.57 Å². The highest BCUT2D eigenvalue weighted by molar-refractivity contribution is 7.19. The Morgan fingerprint density at radius 1 is 1.38 bits per heavy atom. The second kappa shape index (κ2) is 3.20. The Morgan fingerprint density at radius 3 is 2.85 bits per heavy atom. The summed E-state index contributed by atoms with van der Waals surface area (Å²) in [6.07, 6.45) is 0. The van der Waals surface area contributed by atoms with Gasteiger partial charge in [-0.15, -0.1) is 11.3 Å². The molecule has 0 amide bonds. The molecule has 0 aliphatic carbocycles. The highest BCUT2D eigenvalue weighted by atomic mass is 32.1. The van der Waals surface area contributed by atoms with Gasteiger partial charge in [-0.3, -0.25) is 0 Å². The van der Waals surface area contributed by atoms with E-state index in [0.29, 0.717) is 0 Å². The first-order valence-corrected chi connectivity index (χ1v) is 4.98. The molecule has 2 heteroatoms. The average Bonchev–Trinajstić information content (AvgIpc) is 2.59. The largest absolute Gasteiger partial charge is 0.308 e. The molecule has 1 nitrogen and oxygen atoms in total. The van der Waals surface area contributed by atoms with Gasteiger partial charge in [-0.2, -0.15) is 0 Å². The number of hydrogen-bond donors (Lipinski definition) is 0. The maximum atomic E-state index is 6.95. The summed E-state index contributed by atoms with van der Waals surface area (Å²) in [5.41, 5.74) is 0. The molecule has 0 bridgehead atoms. The van der Waals surface area contributed by atoms with Gasteiger partial charge in [-0.25, -0.2) is 6.57 Å². The van der Waals surface area contributed by atoms with E-state index in [2.05, 4.69) is 23.0 Å². The highest BCUT2D eigenvalue weighted by Gasteiger charge is 2.11. The first-order valence-electron chi connectivity index (χ1n) is 4.16. The van der Waals surface area contributed by atoms with Crippen LogP contribution in [-0.4, -0.2) is 0 Å². The van der Waals surface area contributed by atoms with E-state index < -0.39 is 0 Å². The topological polar surface area (TPSA) is 4.36 Å². The van der Waals surface area contributed by atoms with Crippen LogP contribution in [0.4, 0.5) is 0 Å². The molecule has 1 aromatic carbocycles. The normalized spacial score (nSPS) is 12.6. The van der Waals surface area contributed by atoms with Gasteiger partial charge in [0.05, 0.1) is 4.88 Å². The zero-order valence-corrected chi connectivity index (χ0v) is 8.14.